The Morgan fingerprint density at radius 1 is 1.50 bits per heavy atom. The first-order valence-corrected chi connectivity index (χ1v) is 6.32. The van der Waals surface area contributed by atoms with E-state index >= 15 is 0 Å². The number of halogens is 1. The minimum atomic E-state index is -0.291. The molecule has 0 fully saturated rings. The second-order valence-electron chi connectivity index (χ2n) is 5.39. The van der Waals surface area contributed by atoms with E-state index in [2.05, 4.69) is 38.0 Å². The molecule has 1 aromatic heterocycles. The summed E-state index contributed by atoms with van der Waals surface area (Å²) >= 11 is 5.92. The molecule has 0 aliphatic carbocycles. The third-order valence-corrected chi connectivity index (χ3v) is 3.66. The number of aromatic nitrogens is 1. The van der Waals surface area contributed by atoms with E-state index in [0.29, 0.717) is 17.5 Å². The van der Waals surface area contributed by atoms with Gasteiger partial charge in [-0.1, -0.05) is 39.3 Å². The quantitative estimate of drug-likeness (QED) is 0.883. The molecule has 4 nitrogen and oxygen atoms in total. The lowest BCUT2D eigenvalue weighted by Gasteiger charge is -2.29. The van der Waals surface area contributed by atoms with Crippen molar-refractivity contribution in [2.24, 2.45) is 11.3 Å². The first-order valence-electron chi connectivity index (χ1n) is 5.94. The maximum Gasteiger partial charge on any atom is 0.271 e. The van der Waals surface area contributed by atoms with Crippen LogP contribution >= 0.6 is 11.6 Å². The van der Waals surface area contributed by atoms with Crippen molar-refractivity contribution in [3.05, 3.63) is 22.8 Å². The molecule has 1 amide bonds. The third-order valence-electron chi connectivity index (χ3n) is 3.35. The van der Waals surface area contributed by atoms with Crippen molar-refractivity contribution in [3.8, 4) is 0 Å². The third kappa shape index (κ3) is 3.60. The van der Waals surface area contributed by atoms with Crippen molar-refractivity contribution < 1.29 is 4.79 Å². The highest BCUT2D eigenvalue weighted by atomic mass is 35.5. The van der Waals surface area contributed by atoms with Gasteiger partial charge in [0.2, 0.25) is 0 Å². The predicted molar refractivity (Wildman–Crippen MR) is 74.6 cm³/mol. The molecule has 0 unspecified atom stereocenters. The van der Waals surface area contributed by atoms with Crippen LogP contribution in [0.1, 0.15) is 38.2 Å². The molecular formula is C13H20ClN3O. The molecule has 0 saturated heterocycles. The lowest BCUT2D eigenvalue weighted by molar-refractivity contribution is 0.0920. The number of anilines is 1. The van der Waals surface area contributed by atoms with Crippen LogP contribution in [0.2, 0.25) is 5.02 Å². The zero-order chi connectivity index (χ0) is 13.9. The van der Waals surface area contributed by atoms with Crippen LogP contribution in [0.25, 0.3) is 0 Å². The van der Waals surface area contributed by atoms with E-state index < -0.39 is 0 Å². The van der Waals surface area contributed by atoms with Crippen molar-refractivity contribution >= 4 is 23.3 Å². The van der Waals surface area contributed by atoms with Gasteiger partial charge in [-0.05, 0) is 23.5 Å². The highest BCUT2D eigenvalue weighted by molar-refractivity contribution is 6.33. The first-order chi connectivity index (χ1) is 8.24. The van der Waals surface area contributed by atoms with Crippen LogP contribution in [0.15, 0.2) is 12.1 Å². The Balaban J connectivity index is 2.75. The second kappa shape index (κ2) is 5.57. The van der Waals surface area contributed by atoms with Gasteiger partial charge in [0.05, 0.1) is 5.02 Å². The first kappa shape index (κ1) is 14.8. The number of nitrogens with two attached hydrogens (primary N) is 1. The molecule has 0 bridgehead atoms. The standard InChI is InChI=1S/C13H20ClN3O/c1-8(2)13(3,4)7-16-12(18)11-9(14)5-6-10(15)17-11/h5-6,8H,7H2,1-4H3,(H2,15,17)(H,16,18). The molecule has 1 aromatic rings. The van der Waals surface area contributed by atoms with Crippen LogP contribution in [-0.4, -0.2) is 17.4 Å². The van der Waals surface area contributed by atoms with Crippen molar-refractivity contribution in [2.75, 3.05) is 12.3 Å². The number of nitrogen functional groups attached to an aromatic ring is 1. The normalized spacial score (nSPS) is 11.7. The van der Waals surface area contributed by atoms with E-state index in [-0.39, 0.29) is 22.8 Å². The maximum atomic E-state index is 12.0. The lowest BCUT2D eigenvalue weighted by Crippen LogP contribution is -2.37. The number of nitrogens with zero attached hydrogens (tertiary/aromatic N) is 1. The number of hydrogen-bond donors (Lipinski definition) is 2. The fourth-order valence-corrected chi connectivity index (χ4v) is 1.40. The van der Waals surface area contributed by atoms with Gasteiger partial charge in [0, 0.05) is 6.54 Å². The minimum Gasteiger partial charge on any atom is -0.384 e. The Labute approximate surface area is 113 Å². The SMILES string of the molecule is CC(C)C(C)(C)CNC(=O)c1nc(N)ccc1Cl. The van der Waals surface area contributed by atoms with Crippen LogP contribution in [0.5, 0.6) is 0 Å². The summed E-state index contributed by atoms with van der Waals surface area (Å²) in [6.07, 6.45) is 0. The van der Waals surface area contributed by atoms with Crippen molar-refractivity contribution in [1.82, 2.24) is 10.3 Å². The van der Waals surface area contributed by atoms with E-state index in [4.69, 9.17) is 17.3 Å². The van der Waals surface area contributed by atoms with Gasteiger partial charge in [-0.2, -0.15) is 0 Å². The number of carbonyl (C=O) groups is 1. The topological polar surface area (TPSA) is 68.0 Å². The molecule has 18 heavy (non-hydrogen) atoms. The maximum absolute atomic E-state index is 12.0. The van der Waals surface area contributed by atoms with Gasteiger partial charge < -0.3 is 11.1 Å². The summed E-state index contributed by atoms with van der Waals surface area (Å²) < 4.78 is 0. The molecule has 5 heteroatoms. The molecule has 0 aromatic carbocycles. The average molecular weight is 270 g/mol. The molecule has 0 atom stereocenters. The fourth-order valence-electron chi connectivity index (χ4n) is 1.21. The number of hydrogen-bond acceptors (Lipinski definition) is 3. The Morgan fingerprint density at radius 3 is 2.67 bits per heavy atom. The molecule has 1 rings (SSSR count). The monoisotopic (exact) mass is 269 g/mol. The molecule has 0 spiro atoms. The summed E-state index contributed by atoms with van der Waals surface area (Å²) in [7, 11) is 0. The van der Waals surface area contributed by atoms with Crippen LogP contribution in [0.4, 0.5) is 5.82 Å². The Bertz CT molecular complexity index is 444. The molecule has 0 aliphatic heterocycles. The lowest BCUT2D eigenvalue weighted by atomic mass is 9.81. The Kier molecular flexibility index (Phi) is 4.57. The van der Waals surface area contributed by atoms with Gasteiger partial charge in [0.1, 0.15) is 11.5 Å². The molecule has 0 aliphatic rings. The summed E-state index contributed by atoms with van der Waals surface area (Å²) in [6.45, 7) is 9.02. The average Bonchev–Trinajstić information content (AvgIpc) is 2.29. The zero-order valence-corrected chi connectivity index (χ0v) is 12.0. The number of carbonyl (C=O) groups excluding carboxylic acids is 1. The summed E-state index contributed by atoms with van der Waals surface area (Å²) in [5.74, 6) is 0.454. The van der Waals surface area contributed by atoms with E-state index in [1.165, 1.54) is 0 Å². The van der Waals surface area contributed by atoms with Crippen molar-refractivity contribution in [1.29, 1.82) is 0 Å². The van der Waals surface area contributed by atoms with Gasteiger partial charge in [-0.15, -0.1) is 0 Å². The highest BCUT2D eigenvalue weighted by Gasteiger charge is 2.24. The minimum absolute atomic E-state index is 0.0163. The molecule has 0 radical (unpaired) electrons. The van der Waals surface area contributed by atoms with Gasteiger partial charge in [0.15, 0.2) is 0 Å². The molecule has 1 heterocycles. The smallest absolute Gasteiger partial charge is 0.271 e. The Hall–Kier alpha value is -1.29. The zero-order valence-electron chi connectivity index (χ0n) is 11.2. The van der Waals surface area contributed by atoms with E-state index in [1.54, 1.807) is 12.1 Å². The summed E-state index contributed by atoms with van der Waals surface area (Å²) in [5.41, 5.74) is 5.74. The molecule has 0 saturated carbocycles. The van der Waals surface area contributed by atoms with Crippen LogP contribution < -0.4 is 11.1 Å². The van der Waals surface area contributed by atoms with Gasteiger partial charge in [-0.3, -0.25) is 4.79 Å². The largest absolute Gasteiger partial charge is 0.384 e. The van der Waals surface area contributed by atoms with Crippen LogP contribution in [-0.2, 0) is 0 Å². The van der Waals surface area contributed by atoms with Crippen LogP contribution in [0, 0.1) is 11.3 Å². The summed E-state index contributed by atoms with van der Waals surface area (Å²) in [6, 6.07) is 3.14. The van der Waals surface area contributed by atoms with Gasteiger partial charge in [0.25, 0.3) is 5.91 Å². The molecule has 3 N–H and O–H groups in total. The number of rotatable bonds is 4. The van der Waals surface area contributed by atoms with E-state index in [9.17, 15) is 4.79 Å². The summed E-state index contributed by atoms with van der Waals surface area (Å²) in [5, 5.41) is 3.16. The highest BCUT2D eigenvalue weighted by Crippen LogP contribution is 2.25. The van der Waals surface area contributed by atoms with Crippen molar-refractivity contribution in [3.63, 3.8) is 0 Å². The van der Waals surface area contributed by atoms with Gasteiger partial charge >= 0.3 is 0 Å². The van der Waals surface area contributed by atoms with Crippen molar-refractivity contribution in [2.45, 2.75) is 27.7 Å². The number of pyridine rings is 1. The van der Waals surface area contributed by atoms with E-state index in [0.717, 1.165) is 0 Å². The van der Waals surface area contributed by atoms with E-state index in [1.807, 2.05) is 0 Å². The summed E-state index contributed by atoms with van der Waals surface area (Å²) in [4.78, 5) is 15.9. The van der Waals surface area contributed by atoms with Crippen LogP contribution in [0.3, 0.4) is 0 Å². The molecule has 100 valence electrons. The predicted octanol–water partition coefficient (Wildman–Crippen LogP) is 2.73. The fraction of sp³-hybridized carbons (Fsp3) is 0.538. The number of nitrogens with one attached hydrogen (secondary N) is 1. The second-order valence-corrected chi connectivity index (χ2v) is 5.80. The Morgan fingerprint density at radius 2 is 2.11 bits per heavy atom. The number of amides is 1. The van der Waals surface area contributed by atoms with Gasteiger partial charge in [-0.25, -0.2) is 4.98 Å². The molecular weight excluding hydrogens is 250 g/mol.